The first-order valence-corrected chi connectivity index (χ1v) is 6.54. The van der Waals surface area contributed by atoms with Gasteiger partial charge in [-0.2, -0.15) is 0 Å². The molecule has 0 saturated heterocycles. The molecule has 1 aromatic rings. The van der Waals surface area contributed by atoms with Crippen LogP contribution in [0.5, 0.6) is 0 Å². The van der Waals surface area contributed by atoms with Crippen LogP contribution in [-0.4, -0.2) is 31.1 Å². The van der Waals surface area contributed by atoms with Crippen LogP contribution in [0.4, 0.5) is 11.4 Å². The molecule has 0 aliphatic heterocycles. The number of benzene rings is 1. The van der Waals surface area contributed by atoms with Gasteiger partial charge in [0, 0.05) is 6.04 Å². The van der Waals surface area contributed by atoms with Crippen molar-refractivity contribution in [1.82, 2.24) is 5.32 Å². The lowest BCUT2D eigenvalue weighted by molar-refractivity contribution is -0.119. The Bertz CT molecular complexity index is 487. The van der Waals surface area contributed by atoms with E-state index in [1.165, 1.54) is 6.07 Å². The number of hydrogen-bond donors (Lipinski definition) is 3. The molecule has 110 valence electrons. The van der Waals surface area contributed by atoms with Crippen LogP contribution in [0.3, 0.4) is 0 Å². The minimum absolute atomic E-state index is 0.0906. The Balaban J connectivity index is 2.64. The lowest BCUT2D eigenvalue weighted by atomic mass is 10.1. The molecular formula is C14H21N3O3. The van der Waals surface area contributed by atoms with Gasteiger partial charge in [0.05, 0.1) is 30.1 Å². The summed E-state index contributed by atoms with van der Waals surface area (Å²) >= 11 is 0. The number of carbonyl (C=O) groups is 2. The molecule has 20 heavy (non-hydrogen) atoms. The molecule has 0 radical (unpaired) electrons. The smallest absolute Gasteiger partial charge is 0.338 e. The van der Waals surface area contributed by atoms with Gasteiger partial charge in [0.2, 0.25) is 5.91 Å². The Hall–Kier alpha value is -2.24. The van der Waals surface area contributed by atoms with Crippen LogP contribution in [0, 0.1) is 0 Å². The third kappa shape index (κ3) is 4.79. The third-order valence-electron chi connectivity index (χ3n) is 2.45. The summed E-state index contributed by atoms with van der Waals surface area (Å²) in [5.74, 6) is -0.530. The van der Waals surface area contributed by atoms with Crippen molar-refractivity contribution in [3.8, 4) is 0 Å². The standard InChI is InChI=1S/C14H21N3O3/c1-4-20-14(19)10-5-6-12(11(15)7-10)16-8-13(18)17-9(2)3/h5-7,9,16H,4,8,15H2,1-3H3,(H,17,18). The predicted octanol–water partition coefficient (Wildman–Crippen LogP) is 1.38. The van der Waals surface area contributed by atoms with Gasteiger partial charge in [0.1, 0.15) is 0 Å². The van der Waals surface area contributed by atoms with Crippen molar-refractivity contribution in [3.63, 3.8) is 0 Å². The molecule has 1 aromatic carbocycles. The average molecular weight is 279 g/mol. The number of esters is 1. The van der Waals surface area contributed by atoms with Gasteiger partial charge >= 0.3 is 5.97 Å². The summed E-state index contributed by atoms with van der Waals surface area (Å²) in [6.45, 7) is 5.96. The van der Waals surface area contributed by atoms with Crippen LogP contribution in [0.15, 0.2) is 18.2 Å². The number of carbonyl (C=O) groups excluding carboxylic acids is 2. The van der Waals surface area contributed by atoms with E-state index in [1.807, 2.05) is 13.8 Å². The summed E-state index contributed by atoms with van der Waals surface area (Å²) in [5.41, 5.74) is 7.24. The summed E-state index contributed by atoms with van der Waals surface area (Å²) < 4.78 is 4.89. The van der Waals surface area contributed by atoms with Gasteiger partial charge in [0.25, 0.3) is 0 Å². The number of hydrogen-bond acceptors (Lipinski definition) is 5. The molecule has 0 aromatic heterocycles. The highest BCUT2D eigenvalue weighted by Gasteiger charge is 2.10. The number of rotatable bonds is 6. The highest BCUT2D eigenvalue weighted by atomic mass is 16.5. The second-order valence-corrected chi connectivity index (χ2v) is 4.60. The number of amides is 1. The van der Waals surface area contributed by atoms with Crippen LogP contribution in [0.25, 0.3) is 0 Å². The predicted molar refractivity (Wildman–Crippen MR) is 78.6 cm³/mol. The molecule has 0 aliphatic carbocycles. The quantitative estimate of drug-likeness (QED) is 0.540. The minimum Gasteiger partial charge on any atom is -0.462 e. The monoisotopic (exact) mass is 279 g/mol. The molecule has 0 aliphatic rings. The van der Waals surface area contributed by atoms with Gasteiger partial charge in [-0.05, 0) is 39.0 Å². The summed E-state index contributed by atoms with van der Waals surface area (Å²) in [5, 5.41) is 5.69. The number of nitrogens with one attached hydrogen (secondary N) is 2. The van der Waals surface area contributed by atoms with E-state index in [-0.39, 0.29) is 18.5 Å². The zero-order valence-corrected chi connectivity index (χ0v) is 12.0. The molecule has 4 N–H and O–H groups in total. The topological polar surface area (TPSA) is 93.4 Å². The number of ether oxygens (including phenoxy) is 1. The van der Waals surface area contributed by atoms with Crippen LogP contribution in [-0.2, 0) is 9.53 Å². The van der Waals surface area contributed by atoms with E-state index in [9.17, 15) is 9.59 Å². The van der Waals surface area contributed by atoms with E-state index < -0.39 is 5.97 Å². The van der Waals surface area contributed by atoms with Gasteiger partial charge in [-0.15, -0.1) is 0 Å². The largest absolute Gasteiger partial charge is 0.462 e. The molecular weight excluding hydrogens is 258 g/mol. The molecule has 6 nitrogen and oxygen atoms in total. The van der Waals surface area contributed by atoms with Crippen molar-refractivity contribution in [3.05, 3.63) is 23.8 Å². The van der Waals surface area contributed by atoms with E-state index >= 15 is 0 Å². The molecule has 0 fully saturated rings. The van der Waals surface area contributed by atoms with Crippen molar-refractivity contribution < 1.29 is 14.3 Å². The number of nitrogen functional groups attached to an aromatic ring is 1. The first-order valence-electron chi connectivity index (χ1n) is 6.54. The molecule has 0 atom stereocenters. The fourth-order valence-corrected chi connectivity index (χ4v) is 1.61. The van der Waals surface area contributed by atoms with E-state index in [2.05, 4.69) is 10.6 Å². The fraction of sp³-hybridized carbons (Fsp3) is 0.429. The highest BCUT2D eigenvalue weighted by molar-refractivity contribution is 5.92. The first-order chi connectivity index (χ1) is 9.43. The van der Waals surface area contributed by atoms with E-state index in [0.29, 0.717) is 23.5 Å². The molecule has 0 heterocycles. The second kappa shape index (κ2) is 7.37. The third-order valence-corrected chi connectivity index (χ3v) is 2.45. The number of nitrogens with two attached hydrogens (primary N) is 1. The summed E-state index contributed by atoms with van der Waals surface area (Å²) in [6.07, 6.45) is 0. The van der Waals surface area contributed by atoms with Crippen molar-refractivity contribution in [1.29, 1.82) is 0 Å². The Morgan fingerprint density at radius 2 is 2.05 bits per heavy atom. The Kier molecular flexibility index (Phi) is 5.83. The Morgan fingerprint density at radius 3 is 2.60 bits per heavy atom. The zero-order chi connectivity index (χ0) is 15.1. The zero-order valence-electron chi connectivity index (χ0n) is 12.0. The van der Waals surface area contributed by atoms with Gasteiger partial charge in [-0.3, -0.25) is 4.79 Å². The molecule has 0 bridgehead atoms. The second-order valence-electron chi connectivity index (χ2n) is 4.60. The van der Waals surface area contributed by atoms with Crippen molar-refractivity contribution >= 4 is 23.3 Å². The van der Waals surface area contributed by atoms with Crippen molar-refractivity contribution in [2.24, 2.45) is 0 Å². The van der Waals surface area contributed by atoms with Crippen LogP contribution in [0.2, 0.25) is 0 Å². The van der Waals surface area contributed by atoms with Crippen LogP contribution >= 0.6 is 0 Å². The van der Waals surface area contributed by atoms with E-state index in [1.54, 1.807) is 19.1 Å². The van der Waals surface area contributed by atoms with Crippen molar-refractivity contribution in [2.45, 2.75) is 26.8 Å². The maximum atomic E-state index is 11.5. The lowest BCUT2D eigenvalue weighted by Gasteiger charge is -2.12. The molecule has 1 rings (SSSR count). The highest BCUT2D eigenvalue weighted by Crippen LogP contribution is 2.20. The van der Waals surface area contributed by atoms with E-state index in [0.717, 1.165) is 0 Å². The fourth-order valence-electron chi connectivity index (χ4n) is 1.61. The maximum Gasteiger partial charge on any atom is 0.338 e. The summed E-state index contributed by atoms with van der Waals surface area (Å²) in [7, 11) is 0. The first kappa shape index (κ1) is 15.8. The molecule has 1 amide bonds. The molecule has 0 spiro atoms. The lowest BCUT2D eigenvalue weighted by Crippen LogP contribution is -2.34. The SMILES string of the molecule is CCOC(=O)c1ccc(NCC(=O)NC(C)C)c(N)c1. The molecule has 6 heteroatoms. The molecule has 0 unspecified atom stereocenters. The Labute approximate surface area is 118 Å². The number of anilines is 2. The van der Waals surface area contributed by atoms with Crippen LogP contribution < -0.4 is 16.4 Å². The van der Waals surface area contributed by atoms with Gasteiger partial charge in [0.15, 0.2) is 0 Å². The Morgan fingerprint density at radius 1 is 1.35 bits per heavy atom. The maximum absolute atomic E-state index is 11.5. The van der Waals surface area contributed by atoms with Crippen LogP contribution in [0.1, 0.15) is 31.1 Å². The summed E-state index contributed by atoms with van der Waals surface area (Å²) in [6, 6.07) is 4.88. The molecule has 0 saturated carbocycles. The minimum atomic E-state index is -0.414. The van der Waals surface area contributed by atoms with Gasteiger partial charge < -0.3 is 21.1 Å². The van der Waals surface area contributed by atoms with Gasteiger partial charge in [-0.1, -0.05) is 0 Å². The van der Waals surface area contributed by atoms with E-state index in [4.69, 9.17) is 10.5 Å². The average Bonchev–Trinajstić information content (AvgIpc) is 2.36. The normalized spacial score (nSPS) is 10.2. The summed E-state index contributed by atoms with van der Waals surface area (Å²) in [4.78, 5) is 23.0. The van der Waals surface area contributed by atoms with Gasteiger partial charge in [-0.25, -0.2) is 4.79 Å². The van der Waals surface area contributed by atoms with Crippen molar-refractivity contribution in [2.75, 3.05) is 24.2 Å².